The van der Waals surface area contributed by atoms with Gasteiger partial charge in [-0.15, -0.1) is 0 Å². The summed E-state index contributed by atoms with van der Waals surface area (Å²) in [7, 11) is 0. The first-order chi connectivity index (χ1) is 14.5. The minimum atomic E-state index is -0.214. The van der Waals surface area contributed by atoms with Crippen LogP contribution in [0.1, 0.15) is 29.8 Å². The molecule has 2 aromatic rings. The predicted octanol–water partition coefficient (Wildman–Crippen LogP) is 2.17. The molecule has 2 unspecified atom stereocenters. The standard InChI is InChI=1S/C23H30N4O3/c1-16-14-30-15-17(2)27(16)21-9-8-19(23(29)25-11-10-24)13-20(21)26-22(28)12-18-6-4-3-5-7-18/h3-9,13,16-17H,10-12,14-15,24H2,1-2H3,(H,25,29)(H,26,28). The Kier molecular flexibility index (Phi) is 7.43. The van der Waals surface area contributed by atoms with Crippen molar-refractivity contribution in [3.8, 4) is 0 Å². The Labute approximate surface area is 177 Å². The summed E-state index contributed by atoms with van der Waals surface area (Å²) in [5.41, 5.74) is 8.41. The lowest BCUT2D eigenvalue weighted by Crippen LogP contribution is -2.50. The smallest absolute Gasteiger partial charge is 0.251 e. The number of carbonyl (C=O) groups is 2. The van der Waals surface area contributed by atoms with Crippen molar-refractivity contribution in [3.63, 3.8) is 0 Å². The summed E-state index contributed by atoms with van der Waals surface area (Å²) in [6.07, 6.45) is 0.262. The number of ether oxygens (including phenoxy) is 1. The van der Waals surface area contributed by atoms with E-state index in [0.29, 0.717) is 37.6 Å². The molecule has 7 nitrogen and oxygen atoms in total. The van der Waals surface area contributed by atoms with Crippen molar-refractivity contribution in [3.05, 3.63) is 59.7 Å². The molecule has 0 aliphatic carbocycles. The highest BCUT2D eigenvalue weighted by atomic mass is 16.5. The predicted molar refractivity (Wildman–Crippen MR) is 119 cm³/mol. The van der Waals surface area contributed by atoms with E-state index in [1.54, 1.807) is 12.1 Å². The van der Waals surface area contributed by atoms with Crippen LogP contribution >= 0.6 is 0 Å². The van der Waals surface area contributed by atoms with Gasteiger partial charge in [-0.25, -0.2) is 0 Å². The van der Waals surface area contributed by atoms with Gasteiger partial charge < -0.3 is 26.0 Å². The summed E-state index contributed by atoms with van der Waals surface area (Å²) in [6.45, 7) is 6.17. The third-order valence-corrected chi connectivity index (χ3v) is 5.12. The fourth-order valence-electron chi connectivity index (χ4n) is 3.75. The Bertz CT molecular complexity index is 862. The molecule has 2 aromatic carbocycles. The van der Waals surface area contributed by atoms with Gasteiger partial charge in [0.15, 0.2) is 0 Å². The summed E-state index contributed by atoms with van der Waals surface area (Å²) in [4.78, 5) is 27.4. The molecule has 30 heavy (non-hydrogen) atoms. The fourth-order valence-corrected chi connectivity index (χ4v) is 3.75. The van der Waals surface area contributed by atoms with Crippen LogP contribution in [-0.2, 0) is 16.0 Å². The summed E-state index contributed by atoms with van der Waals surface area (Å²) in [5, 5.41) is 5.80. The molecular formula is C23H30N4O3. The molecule has 7 heteroatoms. The molecule has 1 aliphatic heterocycles. The van der Waals surface area contributed by atoms with E-state index in [1.165, 1.54) is 0 Å². The Morgan fingerprint density at radius 2 is 1.80 bits per heavy atom. The minimum absolute atomic E-state index is 0.129. The number of nitrogens with zero attached hydrogens (tertiary/aromatic N) is 1. The van der Waals surface area contributed by atoms with Gasteiger partial charge in [0.05, 0.1) is 31.0 Å². The van der Waals surface area contributed by atoms with Gasteiger partial charge in [-0.3, -0.25) is 9.59 Å². The second-order valence-corrected chi connectivity index (χ2v) is 7.63. The maximum Gasteiger partial charge on any atom is 0.251 e. The minimum Gasteiger partial charge on any atom is -0.377 e. The number of rotatable bonds is 7. The lowest BCUT2D eigenvalue weighted by atomic mass is 10.1. The number of hydrogen-bond acceptors (Lipinski definition) is 5. The normalized spacial score (nSPS) is 18.7. The second kappa shape index (κ2) is 10.2. The second-order valence-electron chi connectivity index (χ2n) is 7.63. The molecule has 2 atom stereocenters. The summed E-state index contributed by atoms with van der Waals surface area (Å²) >= 11 is 0. The molecule has 0 saturated carbocycles. The Hall–Kier alpha value is -2.90. The van der Waals surface area contributed by atoms with Crippen molar-refractivity contribution < 1.29 is 14.3 Å². The highest BCUT2D eigenvalue weighted by molar-refractivity contribution is 6.00. The Morgan fingerprint density at radius 1 is 1.10 bits per heavy atom. The van der Waals surface area contributed by atoms with Crippen molar-refractivity contribution in [2.75, 3.05) is 36.5 Å². The Balaban J connectivity index is 1.89. The van der Waals surface area contributed by atoms with Gasteiger partial charge in [-0.1, -0.05) is 30.3 Å². The van der Waals surface area contributed by atoms with Crippen LogP contribution in [0.2, 0.25) is 0 Å². The zero-order valence-electron chi connectivity index (χ0n) is 17.6. The highest BCUT2D eigenvalue weighted by Crippen LogP contribution is 2.32. The molecule has 4 N–H and O–H groups in total. The first-order valence-corrected chi connectivity index (χ1v) is 10.3. The first-order valence-electron chi connectivity index (χ1n) is 10.3. The first kappa shape index (κ1) is 21.8. The Morgan fingerprint density at radius 3 is 2.47 bits per heavy atom. The van der Waals surface area contributed by atoms with Gasteiger partial charge in [-0.2, -0.15) is 0 Å². The molecule has 1 aliphatic rings. The van der Waals surface area contributed by atoms with Gasteiger partial charge in [0.2, 0.25) is 5.91 Å². The molecule has 0 radical (unpaired) electrons. The van der Waals surface area contributed by atoms with Crippen LogP contribution in [0.15, 0.2) is 48.5 Å². The molecule has 1 saturated heterocycles. The van der Waals surface area contributed by atoms with E-state index < -0.39 is 0 Å². The molecule has 2 amide bonds. The molecule has 1 heterocycles. The maximum atomic E-state index is 12.8. The van der Waals surface area contributed by atoms with E-state index >= 15 is 0 Å². The number of amides is 2. The van der Waals surface area contributed by atoms with Crippen molar-refractivity contribution in [2.24, 2.45) is 5.73 Å². The largest absolute Gasteiger partial charge is 0.377 e. The van der Waals surface area contributed by atoms with Gasteiger partial charge in [0.25, 0.3) is 5.91 Å². The topological polar surface area (TPSA) is 96.7 Å². The van der Waals surface area contributed by atoms with Gasteiger partial charge >= 0.3 is 0 Å². The van der Waals surface area contributed by atoms with Crippen molar-refractivity contribution in [2.45, 2.75) is 32.4 Å². The van der Waals surface area contributed by atoms with Gasteiger partial charge in [0.1, 0.15) is 0 Å². The van der Waals surface area contributed by atoms with Crippen LogP contribution in [-0.4, -0.2) is 50.2 Å². The number of hydrogen-bond donors (Lipinski definition) is 3. The molecule has 0 bridgehead atoms. The number of anilines is 2. The van der Waals surface area contributed by atoms with Crippen LogP contribution in [0.4, 0.5) is 11.4 Å². The molecular weight excluding hydrogens is 380 g/mol. The average molecular weight is 411 g/mol. The van der Waals surface area contributed by atoms with Crippen LogP contribution < -0.4 is 21.3 Å². The van der Waals surface area contributed by atoms with Crippen LogP contribution in [0.5, 0.6) is 0 Å². The molecule has 1 fully saturated rings. The van der Waals surface area contributed by atoms with E-state index in [2.05, 4.69) is 29.4 Å². The van der Waals surface area contributed by atoms with Crippen molar-refractivity contribution in [1.82, 2.24) is 5.32 Å². The van der Waals surface area contributed by atoms with E-state index in [4.69, 9.17) is 10.5 Å². The number of morpholine rings is 1. The number of nitrogens with one attached hydrogen (secondary N) is 2. The number of carbonyl (C=O) groups excluding carboxylic acids is 2. The van der Waals surface area contributed by atoms with E-state index in [-0.39, 0.29) is 30.3 Å². The third kappa shape index (κ3) is 5.37. The highest BCUT2D eigenvalue weighted by Gasteiger charge is 2.28. The number of benzene rings is 2. The van der Waals surface area contributed by atoms with E-state index in [9.17, 15) is 9.59 Å². The zero-order chi connectivity index (χ0) is 21.5. The lowest BCUT2D eigenvalue weighted by Gasteiger charge is -2.41. The van der Waals surface area contributed by atoms with Crippen LogP contribution in [0.3, 0.4) is 0 Å². The maximum absolute atomic E-state index is 12.8. The summed E-state index contributed by atoms with van der Waals surface area (Å²) < 4.78 is 5.65. The van der Waals surface area contributed by atoms with Crippen molar-refractivity contribution >= 4 is 23.2 Å². The van der Waals surface area contributed by atoms with Crippen LogP contribution in [0, 0.1) is 0 Å². The summed E-state index contributed by atoms with van der Waals surface area (Å²) in [6, 6.07) is 15.3. The number of nitrogens with two attached hydrogens (primary N) is 1. The molecule has 0 spiro atoms. The fraction of sp³-hybridized carbons (Fsp3) is 0.391. The summed E-state index contributed by atoms with van der Waals surface area (Å²) in [5.74, 6) is -0.343. The quantitative estimate of drug-likeness (QED) is 0.650. The monoisotopic (exact) mass is 410 g/mol. The molecule has 160 valence electrons. The van der Waals surface area contributed by atoms with Crippen molar-refractivity contribution in [1.29, 1.82) is 0 Å². The zero-order valence-corrected chi connectivity index (χ0v) is 17.6. The van der Waals surface area contributed by atoms with Gasteiger partial charge in [0, 0.05) is 30.7 Å². The third-order valence-electron chi connectivity index (χ3n) is 5.12. The molecule has 0 aromatic heterocycles. The lowest BCUT2D eigenvalue weighted by molar-refractivity contribution is -0.115. The van der Waals surface area contributed by atoms with E-state index in [0.717, 1.165) is 11.3 Å². The average Bonchev–Trinajstić information content (AvgIpc) is 2.73. The SMILES string of the molecule is CC1COCC(C)N1c1ccc(C(=O)NCCN)cc1NC(=O)Cc1ccccc1. The van der Waals surface area contributed by atoms with E-state index in [1.807, 2.05) is 36.4 Å². The van der Waals surface area contributed by atoms with Crippen LogP contribution in [0.25, 0.3) is 0 Å². The molecule has 3 rings (SSSR count). The van der Waals surface area contributed by atoms with Gasteiger partial charge in [-0.05, 0) is 37.6 Å².